The molecule has 0 spiro atoms. The van der Waals surface area contributed by atoms with Crippen LogP contribution in [0, 0.1) is 11.3 Å². The van der Waals surface area contributed by atoms with Crippen molar-refractivity contribution in [2.24, 2.45) is 0 Å². The molecule has 3 heteroatoms. The van der Waals surface area contributed by atoms with Crippen LogP contribution >= 0.6 is 0 Å². The van der Waals surface area contributed by atoms with Crippen molar-refractivity contribution in [1.29, 1.82) is 5.26 Å². The first-order valence-electron chi connectivity index (χ1n) is 8.51. The van der Waals surface area contributed by atoms with Crippen LogP contribution < -0.4 is 0 Å². The summed E-state index contributed by atoms with van der Waals surface area (Å²) in [6, 6.07) is 17.2. The molecule has 124 valence electrons. The van der Waals surface area contributed by atoms with Crippen molar-refractivity contribution in [2.75, 3.05) is 0 Å². The van der Waals surface area contributed by atoms with E-state index in [1.165, 1.54) is 18.4 Å². The van der Waals surface area contributed by atoms with E-state index in [1.807, 2.05) is 36.4 Å². The molecule has 0 fully saturated rings. The Labute approximate surface area is 143 Å². The summed E-state index contributed by atoms with van der Waals surface area (Å²) in [6.45, 7) is 0. The van der Waals surface area contributed by atoms with E-state index in [9.17, 15) is 4.79 Å². The number of nitrogens with zero attached hydrogens (tertiary/aromatic N) is 1. The normalized spacial score (nSPS) is 10.3. The molecule has 0 atom stereocenters. The van der Waals surface area contributed by atoms with Crippen molar-refractivity contribution in [3.05, 3.63) is 70.8 Å². The van der Waals surface area contributed by atoms with E-state index in [0.29, 0.717) is 11.1 Å². The molecular formula is C21H23NO2. The number of carboxylic acid groups (broad SMARTS) is 1. The Hall–Kier alpha value is -2.60. The SMILES string of the molecule is N#Cc1ccc(CCCCCCCc2ccccc2C(=O)O)cc1. The van der Waals surface area contributed by atoms with Crippen molar-refractivity contribution in [3.63, 3.8) is 0 Å². The summed E-state index contributed by atoms with van der Waals surface area (Å²) in [4.78, 5) is 11.2. The summed E-state index contributed by atoms with van der Waals surface area (Å²) in [7, 11) is 0. The first kappa shape index (κ1) is 17.7. The number of nitriles is 1. The zero-order chi connectivity index (χ0) is 17.2. The molecule has 24 heavy (non-hydrogen) atoms. The molecule has 0 radical (unpaired) electrons. The molecule has 0 aliphatic rings. The molecule has 2 aromatic rings. The van der Waals surface area contributed by atoms with Gasteiger partial charge in [-0.15, -0.1) is 0 Å². The fourth-order valence-corrected chi connectivity index (χ4v) is 2.87. The van der Waals surface area contributed by atoms with Gasteiger partial charge in [-0.3, -0.25) is 0 Å². The maximum Gasteiger partial charge on any atom is 0.335 e. The highest BCUT2D eigenvalue weighted by Gasteiger charge is 2.07. The van der Waals surface area contributed by atoms with Crippen molar-refractivity contribution >= 4 is 5.97 Å². The van der Waals surface area contributed by atoms with Gasteiger partial charge in [-0.2, -0.15) is 5.26 Å². The minimum absolute atomic E-state index is 0.429. The third kappa shape index (κ3) is 5.55. The lowest BCUT2D eigenvalue weighted by molar-refractivity contribution is 0.0695. The average Bonchev–Trinajstić information content (AvgIpc) is 2.61. The number of carbonyl (C=O) groups is 1. The van der Waals surface area contributed by atoms with Crippen LogP contribution in [0.3, 0.4) is 0 Å². The number of rotatable bonds is 9. The van der Waals surface area contributed by atoms with Crippen molar-refractivity contribution in [2.45, 2.75) is 44.9 Å². The summed E-state index contributed by atoms with van der Waals surface area (Å²) in [6.07, 6.45) is 7.54. The van der Waals surface area contributed by atoms with Crippen LogP contribution in [-0.4, -0.2) is 11.1 Å². The van der Waals surface area contributed by atoms with Gasteiger partial charge in [0.15, 0.2) is 0 Å². The lowest BCUT2D eigenvalue weighted by Gasteiger charge is -2.06. The molecule has 0 bridgehead atoms. The van der Waals surface area contributed by atoms with Gasteiger partial charge in [-0.1, -0.05) is 49.6 Å². The number of hydrogen-bond donors (Lipinski definition) is 1. The Bertz CT molecular complexity index is 699. The van der Waals surface area contributed by atoms with Gasteiger partial charge in [0.2, 0.25) is 0 Å². The van der Waals surface area contributed by atoms with Crippen LogP contribution in [-0.2, 0) is 12.8 Å². The second-order valence-corrected chi connectivity index (χ2v) is 6.04. The van der Waals surface area contributed by atoms with E-state index in [0.717, 1.165) is 37.7 Å². The molecule has 0 saturated heterocycles. The van der Waals surface area contributed by atoms with E-state index >= 15 is 0 Å². The van der Waals surface area contributed by atoms with Gasteiger partial charge in [0.1, 0.15) is 0 Å². The molecule has 0 aliphatic heterocycles. The maximum atomic E-state index is 11.2. The molecule has 1 N–H and O–H groups in total. The maximum absolute atomic E-state index is 11.2. The van der Waals surface area contributed by atoms with E-state index in [2.05, 4.69) is 6.07 Å². The zero-order valence-corrected chi connectivity index (χ0v) is 13.9. The quantitative estimate of drug-likeness (QED) is 0.662. The predicted molar refractivity (Wildman–Crippen MR) is 95.1 cm³/mol. The van der Waals surface area contributed by atoms with E-state index in [1.54, 1.807) is 12.1 Å². The Morgan fingerprint density at radius 3 is 2.17 bits per heavy atom. The third-order valence-corrected chi connectivity index (χ3v) is 4.24. The topological polar surface area (TPSA) is 61.1 Å². The summed E-state index contributed by atoms with van der Waals surface area (Å²) < 4.78 is 0. The summed E-state index contributed by atoms with van der Waals surface area (Å²) >= 11 is 0. The van der Waals surface area contributed by atoms with Gasteiger partial charge in [0, 0.05) is 0 Å². The Balaban J connectivity index is 1.62. The zero-order valence-electron chi connectivity index (χ0n) is 13.9. The summed E-state index contributed by atoms with van der Waals surface area (Å²) in [5.74, 6) is -0.840. The number of carboxylic acids is 1. The number of hydrogen-bond acceptors (Lipinski definition) is 2. The molecule has 0 aliphatic carbocycles. The number of aryl methyl sites for hydroxylation is 2. The van der Waals surface area contributed by atoms with E-state index in [4.69, 9.17) is 10.4 Å². The Morgan fingerprint density at radius 2 is 1.50 bits per heavy atom. The first-order valence-corrected chi connectivity index (χ1v) is 8.51. The van der Waals surface area contributed by atoms with E-state index in [-0.39, 0.29) is 0 Å². The highest BCUT2D eigenvalue weighted by Crippen LogP contribution is 2.15. The van der Waals surface area contributed by atoms with Crippen molar-refractivity contribution in [1.82, 2.24) is 0 Å². The van der Waals surface area contributed by atoms with Gasteiger partial charge in [0.05, 0.1) is 17.2 Å². The van der Waals surface area contributed by atoms with Gasteiger partial charge in [0.25, 0.3) is 0 Å². The highest BCUT2D eigenvalue weighted by atomic mass is 16.4. The van der Waals surface area contributed by atoms with Crippen LogP contribution in [0.5, 0.6) is 0 Å². The van der Waals surface area contributed by atoms with Gasteiger partial charge < -0.3 is 5.11 Å². The number of unbranched alkanes of at least 4 members (excludes halogenated alkanes) is 4. The molecule has 0 unspecified atom stereocenters. The largest absolute Gasteiger partial charge is 0.478 e. The molecule has 0 saturated carbocycles. The minimum atomic E-state index is -0.840. The highest BCUT2D eigenvalue weighted by molar-refractivity contribution is 5.89. The Morgan fingerprint density at radius 1 is 0.875 bits per heavy atom. The monoisotopic (exact) mass is 321 g/mol. The van der Waals surface area contributed by atoms with Gasteiger partial charge in [-0.25, -0.2) is 4.79 Å². The lowest BCUT2D eigenvalue weighted by Crippen LogP contribution is -2.02. The molecule has 2 rings (SSSR count). The van der Waals surface area contributed by atoms with Gasteiger partial charge >= 0.3 is 5.97 Å². The fraction of sp³-hybridized carbons (Fsp3) is 0.333. The number of benzene rings is 2. The van der Waals surface area contributed by atoms with Crippen molar-refractivity contribution < 1.29 is 9.90 Å². The minimum Gasteiger partial charge on any atom is -0.478 e. The molecule has 2 aromatic carbocycles. The predicted octanol–water partition coefficient (Wildman–Crippen LogP) is 4.99. The van der Waals surface area contributed by atoms with Crippen LogP contribution in [0.25, 0.3) is 0 Å². The second-order valence-electron chi connectivity index (χ2n) is 6.04. The van der Waals surface area contributed by atoms with Crippen molar-refractivity contribution in [3.8, 4) is 6.07 Å². The number of aromatic carboxylic acids is 1. The summed E-state index contributed by atoms with van der Waals surface area (Å²) in [5, 5.41) is 17.9. The Kier molecular flexibility index (Phi) is 7.04. The van der Waals surface area contributed by atoms with Crippen LogP contribution in [0.15, 0.2) is 48.5 Å². The van der Waals surface area contributed by atoms with Crippen LogP contribution in [0.4, 0.5) is 0 Å². The van der Waals surface area contributed by atoms with Gasteiger partial charge in [-0.05, 0) is 55.0 Å². The second kappa shape index (κ2) is 9.52. The van der Waals surface area contributed by atoms with E-state index < -0.39 is 5.97 Å². The standard InChI is InChI=1S/C21H23NO2/c22-16-18-14-12-17(13-15-18)8-4-2-1-3-5-9-19-10-6-7-11-20(19)21(23)24/h6-7,10-15H,1-5,8-9H2,(H,23,24). The van der Waals surface area contributed by atoms with Crippen LogP contribution in [0.2, 0.25) is 0 Å². The summed E-state index contributed by atoms with van der Waals surface area (Å²) in [5.41, 5.74) is 3.35. The molecule has 0 heterocycles. The molecule has 0 amide bonds. The third-order valence-electron chi connectivity index (χ3n) is 4.24. The molecule has 0 aromatic heterocycles. The first-order chi connectivity index (χ1) is 11.7. The average molecular weight is 321 g/mol. The molecule has 3 nitrogen and oxygen atoms in total. The van der Waals surface area contributed by atoms with Crippen LogP contribution in [0.1, 0.15) is 59.2 Å². The molecular weight excluding hydrogens is 298 g/mol. The lowest BCUT2D eigenvalue weighted by atomic mass is 10.00. The smallest absolute Gasteiger partial charge is 0.335 e. The fourth-order valence-electron chi connectivity index (χ4n) is 2.87.